The summed E-state index contributed by atoms with van der Waals surface area (Å²) in [5, 5.41) is 0. The van der Waals surface area contributed by atoms with Gasteiger partial charge >= 0.3 is 0 Å². The van der Waals surface area contributed by atoms with Crippen molar-refractivity contribution in [2.45, 2.75) is 18.8 Å². The van der Waals surface area contributed by atoms with Crippen LogP contribution in [0.2, 0.25) is 0 Å². The highest BCUT2D eigenvalue weighted by atomic mass is 15.0. The van der Waals surface area contributed by atoms with Crippen LogP contribution in [0.4, 0.5) is 0 Å². The topological polar surface area (TPSA) is 41.6 Å². The van der Waals surface area contributed by atoms with E-state index in [1.54, 1.807) is 0 Å². The molecule has 0 aromatic carbocycles. The molecular weight excluding hydrogens is 161 g/mol. The van der Waals surface area contributed by atoms with E-state index in [2.05, 4.69) is 21.0 Å². The summed E-state index contributed by atoms with van der Waals surface area (Å²) in [6.45, 7) is 0. The average molecular weight is 171 g/mol. The molecule has 4 heteroatoms. The maximum Gasteiger partial charge on any atom is 0.157 e. The van der Waals surface area contributed by atoms with E-state index in [1.807, 2.05) is 14.0 Å². The lowest BCUT2D eigenvalue weighted by Gasteiger charge is -1.88. The first-order valence-electron chi connectivity index (χ1n) is 4.65. The molecule has 1 saturated carbocycles. The Bertz CT molecular complexity index is 459. The maximum absolute atomic E-state index is 4.52. The Morgan fingerprint density at radius 3 is 3.08 bits per heavy atom. The maximum atomic E-state index is 4.52. The first-order valence-corrected chi connectivity index (χ1v) is 4.65. The first-order chi connectivity index (χ1) is 6.33. The predicted molar refractivity (Wildman–Crippen MR) is 54.0 cm³/mol. The second kappa shape index (κ2) is 2.34. The van der Waals surface area contributed by atoms with Crippen LogP contribution >= 0.6 is 0 Å². The fourth-order valence-electron chi connectivity index (χ4n) is 1.56. The minimum absolute atomic E-state index is 0.675. The van der Waals surface area contributed by atoms with Gasteiger partial charge in [0, 0.05) is 12.1 Å². The van der Waals surface area contributed by atoms with Crippen LogP contribution in [0.25, 0.3) is 11.2 Å². The van der Waals surface area contributed by atoms with Crippen molar-refractivity contribution in [2.24, 2.45) is 0 Å². The molecule has 2 heterocycles. The zero-order valence-corrected chi connectivity index (χ0v) is 7.54. The van der Waals surface area contributed by atoms with Crippen molar-refractivity contribution in [3.8, 4) is 0 Å². The molecule has 0 saturated heterocycles. The third-order valence-electron chi connectivity index (χ3n) is 2.46. The summed E-state index contributed by atoms with van der Waals surface area (Å²) in [4.78, 5) is 12.1. The van der Waals surface area contributed by atoms with Crippen LogP contribution in [0, 0.1) is 0 Å². The number of aromatic nitrogens is 3. The minimum Gasteiger partial charge on any atom is -0.326 e. The molecule has 3 nitrogen and oxygen atoms in total. The number of imidazole rings is 1. The summed E-state index contributed by atoms with van der Waals surface area (Å²) in [6, 6.07) is 2.07. The monoisotopic (exact) mass is 171 g/mol. The molecule has 0 spiro atoms. The molecule has 1 fully saturated rings. The Morgan fingerprint density at radius 2 is 2.31 bits per heavy atom. The molecule has 0 bridgehead atoms. The van der Waals surface area contributed by atoms with E-state index >= 15 is 0 Å². The third-order valence-corrected chi connectivity index (χ3v) is 2.46. The number of nitrogens with one attached hydrogen (secondary N) is 1. The highest BCUT2D eigenvalue weighted by Gasteiger charge is 2.26. The quantitative estimate of drug-likeness (QED) is 0.618. The molecule has 0 atom stereocenters. The van der Waals surface area contributed by atoms with Crippen molar-refractivity contribution in [1.29, 1.82) is 0 Å². The number of aromatic amines is 1. The SMILES string of the molecule is Bc1cnc2[nH]c(C3CC3)nc2c1. The standard InChI is InChI=1S/C9H10BN3/c10-6-3-7-9(11-4-6)13-8(12-7)5-1-2-5/h3-5H,1-2,10H2,(H,11,12,13). The lowest BCUT2D eigenvalue weighted by molar-refractivity contribution is 0.983. The van der Waals surface area contributed by atoms with Crippen LogP contribution in [0.15, 0.2) is 12.3 Å². The number of nitrogens with zero attached hydrogens (tertiary/aromatic N) is 2. The van der Waals surface area contributed by atoms with Gasteiger partial charge in [-0.1, -0.05) is 5.46 Å². The van der Waals surface area contributed by atoms with Gasteiger partial charge in [0.1, 0.15) is 19.2 Å². The van der Waals surface area contributed by atoms with Gasteiger partial charge in [-0.2, -0.15) is 0 Å². The van der Waals surface area contributed by atoms with Gasteiger partial charge in [-0.3, -0.25) is 0 Å². The summed E-state index contributed by atoms with van der Waals surface area (Å²) in [6.07, 6.45) is 4.43. The van der Waals surface area contributed by atoms with E-state index in [-0.39, 0.29) is 0 Å². The average Bonchev–Trinajstić information content (AvgIpc) is 2.87. The van der Waals surface area contributed by atoms with Gasteiger partial charge in [-0.05, 0) is 18.9 Å². The van der Waals surface area contributed by atoms with Gasteiger partial charge in [0.2, 0.25) is 0 Å². The molecule has 1 N–H and O–H groups in total. The summed E-state index contributed by atoms with van der Waals surface area (Å²) in [7, 11) is 2.04. The summed E-state index contributed by atoms with van der Waals surface area (Å²) in [5.74, 6) is 1.79. The second-order valence-corrected chi connectivity index (χ2v) is 3.78. The lowest BCUT2D eigenvalue weighted by Crippen LogP contribution is -2.01. The second-order valence-electron chi connectivity index (χ2n) is 3.78. The van der Waals surface area contributed by atoms with E-state index in [4.69, 9.17) is 0 Å². The molecule has 64 valence electrons. The van der Waals surface area contributed by atoms with Gasteiger partial charge in [0.15, 0.2) is 5.65 Å². The zero-order chi connectivity index (χ0) is 8.84. The lowest BCUT2D eigenvalue weighted by atomic mass is 9.99. The number of H-pyrrole nitrogens is 1. The fourth-order valence-corrected chi connectivity index (χ4v) is 1.56. The number of rotatable bonds is 1. The van der Waals surface area contributed by atoms with Gasteiger partial charge in [-0.15, -0.1) is 0 Å². The van der Waals surface area contributed by atoms with E-state index in [0.717, 1.165) is 17.0 Å². The van der Waals surface area contributed by atoms with Gasteiger partial charge in [0.25, 0.3) is 0 Å². The van der Waals surface area contributed by atoms with E-state index in [1.165, 1.54) is 18.3 Å². The van der Waals surface area contributed by atoms with Gasteiger partial charge in [0.05, 0.1) is 0 Å². The third kappa shape index (κ3) is 1.13. The number of hydrogen-bond acceptors (Lipinski definition) is 2. The number of hydrogen-bond donors (Lipinski definition) is 1. The smallest absolute Gasteiger partial charge is 0.157 e. The first kappa shape index (κ1) is 7.12. The van der Waals surface area contributed by atoms with Gasteiger partial charge in [-0.25, -0.2) is 9.97 Å². The Labute approximate surface area is 77.0 Å². The Hall–Kier alpha value is -1.32. The van der Waals surface area contributed by atoms with Crippen molar-refractivity contribution in [3.63, 3.8) is 0 Å². The summed E-state index contributed by atoms with van der Waals surface area (Å²) in [5.41, 5.74) is 3.09. The van der Waals surface area contributed by atoms with Crippen molar-refractivity contribution in [1.82, 2.24) is 15.0 Å². The molecule has 2 aromatic heterocycles. The molecule has 3 rings (SSSR count). The highest BCUT2D eigenvalue weighted by molar-refractivity contribution is 6.32. The van der Waals surface area contributed by atoms with Crippen LogP contribution in [0.5, 0.6) is 0 Å². The minimum atomic E-state index is 0.675. The van der Waals surface area contributed by atoms with Crippen LogP contribution in [0.3, 0.4) is 0 Å². The highest BCUT2D eigenvalue weighted by Crippen LogP contribution is 2.38. The normalized spacial score (nSPS) is 16.6. The zero-order valence-electron chi connectivity index (χ0n) is 7.54. The van der Waals surface area contributed by atoms with Crippen molar-refractivity contribution in [3.05, 3.63) is 18.1 Å². The Balaban J connectivity index is 2.20. The molecule has 0 amide bonds. The van der Waals surface area contributed by atoms with Crippen molar-refractivity contribution < 1.29 is 0 Å². The molecular formula is C9H10BN3. The predicted octanol–water partition coefficient (Wildman–Crippen LogP) is 0.0937. The Kier molecular flexibility index (Phi) is 1.28. The molecule has 0 radical (unpaired) electrons. The van der Waals surface area contributed by atoms with Crippen LogP contribution < -0.4 is 5.46 Å². The van der Waals surface area contributed by atoms with Crippen molar-refractivity contribution >= 4 is 24.5 Å². The summed E-state index contributed by atoms with van der Waals surface area (Å²) >= 11 is 0. The molecule has 0 unspecified atom stereocenters. The summed E-state index contributed by atoms with van der Waals surface area (Å²) < 4.78 is 0. The van der Waals surface area contributed by atoms with Crippen LogP contribution in [-0.4, -0.2) is 22.8 Å². The number of pyridine rings is 1. The molecule has 0 aliphatic heterocycles. The Morgan fingerprint density at radius 1 is 1.46 bits per heavy atom. The van der Waals surface area contributed by atoms with E-state index < -0.39 is 0 Å². The molecule has 13 heavy (non-hydrogen) atoms. The van der Waals surface area contributed by atoms with Crippen LogP contribution in [-0.2, 0) is 0 Å². The number of fused-ring (bicyclic) bond motifs is 1. The molecule has 1 aliphatic rings. The van der Waals surface area contributed by atoms with Gasteiger partial charge < -0.3 is 4.98 Å². The fraction of sp³-hybridized carbons (Fsp3) is 0.333. The molecule has 2 aromatic rings. The molecule has 1 aliphatic carbocycles. The van der Waals surface area contributed by atoms with Crippen molar-refractivity contribution in [2.75, 3.05) is 0 Å². The van der Waals surface area contributed by atoms with E-state index in [9.17, 15) is 0 Å². The van der Waals surface area contributed by atoms with Crippen LogP contribution in [0.1, 0.15) is 24.6 Å². The largest absolute Gasteiger partial charge is 0.326 e. The van der Waals surface area contributed by atoms with E-state index in [0.29, 0.717) is 5.92 Å².